The van der Waals surface area contributed by atoms with Crippen LogP contribution < -0.4 is 5.32 Å². The van der Waals surface area contributed by atoms with Gasteiger partial charge in [-0.15, -0.1) is 12.4 Å². The van der Waals surface area contributed by atoms with Gasteiger partial charge in [0.2, 0.25) is 5.91 Å². The van der Waals surface area contributed by atoms with E-state index in [1.807, 2.05) is 11.8 Å². The van der Waals surface area contributed by atoms with Crippen LogP contribution in [0, 0.1) is 0 Å². The maximum atomic E-state index is 12.6. The number of rotatable bonds is 2. The third kappa shape index (κ3) is 4.64. The van der Waals surface area contributed by atoms with Crippen molar-refractivity contribution in [2.24, 2.45) is 0 Å². The van der Waals surface area contributed by atoms with Gasteiger partial charge in [0.05, 0.1) is 12.7 Å². The number of morpholine rings is 1. The molecular weight excluding hydrogens is 365 g/mol. The molecule has 1 aromatic rings. The van der Waals surface area contributed by atoms with Crippen molar-refractivity contribution in [3.05, 3.63) is 34.9 Å². The van der Waals surface area contributed by atoms with Gasteiger partial charge in [-0.2, -0.15) is 0 Å². The Morgan fingerprint density at radius 3 is 2.32 bits per heavy atom. The van der Waals surface area contributed by atoms with E-state index in [-0.39, 0.29) is 36.4 Å². The van der Waals surface area contributed by atoms with E-state index in [4.69, 9.17) is 16.3 Å². The fourth-order valence-electron chi connectivity index (χ4n) is 3.11. The van der Waals surface area contributed by atoms with Crippen LogP contribution in [0.5, 0.6) is 0 Å². The molecule has 6 nitrogen and oxygen atoms in total. The number of amides is 2. The van der Waals surface area contributed by atoms with Crippen LogP contribution >= 0.6 is 24.0 Å². The van der Waals surface area contributed by atoms with Gasteiger partial charge in [0.15, 0.2) is 0 Å². The second-order valence-electron chi connectivity index (χ2n) is 6.13. The maximum Gasteiger partial charge on any atom is 0.253 e. The lowest BCUT2D eigenvalue weighted by molar-refractivity contribution is -0.140. The summed E-state index contributed by atoms with van der Waals surface area (Å²) in [6.45, 7) is 5.40. The predicted molar refractivity (Wildman–Crippen MR) is 98.4 cm³/mol. The SMILES string of the molecule is C[C@H]1OCCN[C@@H]1C(=O)N1CCN(C(=O)c2ccc(Cl)cc2)CC1.Cl. The first-order chi connectivity index (χ1) is 11.6. The number of ether oxygens (including phenoxy) is 1. The third-order valence-electron chi connectivity index (χ3n) is 4.55. The minimum atomic E-state index is -0.294. The number of hydrogen-bond acceptors (Lipinski definition) is 4. The number of nitrogens with zero attached hydrogens (tertiary/aromatic N) is 2. The highest BCUT2D eigenvalue weighted by Gasteiger charge is 2.33. The number of halogens is 2. The van der Waals surface area contributed by atoms with Crippen LogP contribution in [0.2, 0.25) is 5.02 Å². The minimum Gasteiger partial charge on any atom is -0.375 e. The summed E-state index contributed by atoms with van der Waals surface area (Å²) < 4.78 is 5.54. The van der Waals surface area contributed by atoms with E-state index < -0.39 is 0 Å². The summed E-state index contributed by atoms with van der Waals surface area (Å²) in [5.41, 5.74) is 0.621. The second-order valence-corrected chi connectivity index (χ2v) is 6.57. The Morgan fingerprint density at radius 1 is 1.12 bits per heavy atom. The summed E-state index contributed by atoms with van der Waals surface area (Å²) in [4.78, 5) is 28.7. The molecular formula is C17H23Cl2N3O3. The fourth-order valence-corrected chi connectivity index (χ4v) is 3.24. The smallest absolute Gasteiger partial charge is 0.253 e. The highest BCUT2D eigenvalue weighted by Crippen LogP contribution is 2.14. The fraction of sp³-hybridized carbons (Fsp3) is 0.529. The normalized spacial score (nSPS) is 23.8. The van der Waals surface area contributed by atoms with Crippen molar-refractivity contribution in [2.75, 3.05) is 39.3 Å². The maximum absolute atomic E-state index is 12.6. The standard InChI is InChI=1S/C17H22ClN3O3.ClH/c1-12-15(19-6-11-24-12)17(23)21-9-7-20(8-10-21)16(22)13-2-4-14(18)5-3-13;/h2-5,12,15,19H,6-11H2,1H3;1H/t12-,15+;/m1./s1. The highest BCUT2D eigenvalue weighted by molar-refractivity contribution is 6.30. The van der Waals surface area contributed by atoms with Crippen molar-refractivity contribution in [2.45, 2.75) is 19.1 Å². The van der Waals surface area contributed by atoms with Gasteiger partial charge >= 0.3 is 0 Å². The second kappa shape index (κ2) is 8.85. The molecule has 2 heterocycles. The Hall–Kier alpha value is -1.34. The van der Waals surface area contributed by atoms with E-state index in [0.717, 1.165) is 0 Å². The largest absolute Gasteiger partial charge is 0.375 e. The molecule has 0 aromatic heterocycles. The van der Waals surface area contributed by atoms with Crippen LogP contribution in [-0.2, 0) is 9.53 Å². The Kier molecular flexibility index (Phi) is 7.07. The lowest BCUT2D eigenvalue weighted by atomic mass is 10.1. The van der Waals surface area contributed by atoms with E-state index in [0.29, 0.717) is 49.9 Å². The Bertz CT molecular complexity index is 604. The Labute approximate surface area is 158 Å². The zero-order valence-corrected chi connectivity index (χ0v) is 15.7. The summed E-state index contributed by atoms with van der Waals surface area (Å²) in [5.74, 6) is 0.0343. The van der Waals surface area contributed by atoms with Crippen LogP contribution in [-0.4, -0.2) is 73.1 Å². The van der Waals surface area contributed by atoms with E-state index >= 15 is 0 Å². The molecule has 0 aliphatic carbocycles. The van der Waals surface area contributed by atoms with E-state index in [1.54, 1.807) is 29.2 Å². The molecule has 2 aliphatic rings. The lowest BCUT2D eigenvalue weighted by Gasteiger charge is -2.38. The zero-order chi connectivity index (χ0) is 17.1. The molecule has 2 amide bonds. The molecule has 0 saturated carbocycles. The summed E-state index contributed by atoms with van der Waals surface area (Å²) in [6.07, 6.45) is -0.125. The molecule has 0 bridgehead atoms. The molecule has 2 atom stereocenters. The molecule has 3 rings (SSSR count). The number of piperazine rings is 1. The molecule has 2 saturated heterocycles. The quantitative estimate of drug-likeness (QED) is 0.833. The van der Waals surface area contributed by atoms with Crippen molar-refractivity contribution in [1.29, 1.82) is 0 Å². The van der Waals surface area contributed by atoms with E-state index in [1.165, 1.54) is 0 Å². The predicted octanol–water partition coefficient (Wildman–Crippen LogP) is 1.42. The Balaban J connectivity index is 0.00000225. The van der Waals surface area contributed by atoms with E-state index in [9.17, 15) is 9.59 Å². The first kappa shape index (κ1) is 20.0. The molecule has 1 N–H and O–H groups in total. The van der Waals surface area contributed by atoms with Gasteiger partial charge in [0, 0.05) is 43.3 Å². The van der Waals surface area contributed by atoms with Crippen LogP contribution in [0.25, 0.3) is 0 Å². The topological polar surface area (TPSA) is 61.9 Å². The first-order valence-corrected chi connectivity index (χ1v) is 8.62. The number of carbonyl (C=O) groups is 2. The number of nitrogens with one attached hydrogen (secondary N) is 1. The number of hydrogen-bond donors (Lipinski definition) is 1. The van der Waals surface area contributed by atoms with Crippen molar-refractivity contribution >= 4 is 35.8 Å². The Morgan fingerprint density at radius 2 is 1.72 bits per heavy atom. The molecule has 8 heteroatoms. The third-order valence-corrected chi connectivity index (χ3v) is 4.80. The molecule has 1 aromatic carbocycles. The monoisotopic (exact) mass is 387 g/mol. The van der Waals surface area contributed by atoms with E-state index in [2.05, 4.69) is 5.32 Å². The summed E-state index contributed by atoms with van der Waals surface area (Å²) in [7, 11) is 0. The highest BCUT2D eigenvalue weighted by atomic mass is 35.5. The van der Waals surface area contributed by atoms with Gasteiger partial charge in [-0.25, -0.2) is 0 Å². The number of carbonyl (C=O) groups excluding carboxylic acids is 2. The lowest BCUT2D eigenvalue weighted by Crippen LogP contribution is -2.60. The molecule has 0 spiro atoms. The van der Waals surface area contributed by atoms with Crippen molar-refractivity contribution in [3.63, 3.8) is 0 Å². The molecule has 25 heavy (non-hydrogen) atoms. The van der Waals surface area contributed by atoms with Gasteiger partial charge < -0.3 is 19.9 Å². The molecule has 2 aliphatic heterocycles. The molecule has 2 fully saturated rings. The average Bonchev–Trinajstić information content (AvgIpc) is 2.62. The van der Waals surface area contributed by atoms with Crippen LogP contribution in [0.3, 0.4) is 0 Å². The van der Waals surface area contributed by atoms with Crippen LogP contribution in [0.15, 0.2) is 24.3 Å². The van der Waals surface area contributed by atoms with Gasteiger partial charge in [0.25, 0.3) is 5.91 Å². The summed E-state index contributed by atoms with van der Waals surface area (Å²) in [6, 6.07) is 6.59. The van der Waals surface area contributed by atoms with Gasteiger partial charge in [-0.05, 0) is 31.2 Å². The van der Waals surface area contributed by atoms with Crippen molar-refractivity contribution in [1.82, 2.24) is 15.1 Å². The molecule has 138 valence electrons. The average molecular weight is 388 g/mol. The van der Waals surface area contributed by atoms with Gasteiger partial charge in [-0.1, -0.05) is 11.6 Å². The minimum absolute atomic E-state index is 0. The van der Waals surface area contributed by atoms with Gasteiger partial charge in [0.1, 0.15) is 6.04 Å². The van der Waals surface area contributed by atoms with Crippen molar-refractivity contribution in [3.8, 4) is 0 Å². The molecule has 0 unspecified atom stereocenters. The summed E-state index contributed by atoms with van der Waals surface area (Å²) in [5, 5.41) is 3.83. The van der Waals surface area contributed by atoms with Gasteiger partial charge in [-0.3, -0.25) is 9.59 Å². The number of benzene rings is 1. The summed E-state index contributed by atoms with van der Waals surface area (Å²) >= 11 is 5.86. The zero-order valence-electron chi connectivity index (χ0n) is 14.1. The van der Waals surface area contributed by atoms with Crippen molar-refractivity contribution < 1.29 is 14.3 Å². The van der Waals surface area contributed by atoms with Crippen LogP contribution in [0.4, 0.5) is 0 Å². The molecule has 0 radical (unpaired) electrons. The van der Waals surface area contributed by atoms with Crippen LogP contribution in [0.1, 0.15) is 17.3 Å². The first-order valence-electron chi connectivity index (χ1n) is 8.25.